The normalized spacial score (nSPS) is 37.7. The van der Waals surface area contributed by atoms with Gasteiger partial charge in [-0.25, -0.2) is 4.39 Å². The van der Waals surface area contributed by atoms with Crippen molar-refractivity contribution >= 4 is 0 Å². The molecule has 0 aromatic carbocycles. The third kappa shape index (κ3) is 1.22. The molecule has 1 N–H and O–H groups in total. The molecule has 0 unspecified atom stereocenters. The topological polar surface area (TPSA) is 23.5 Å². The Labute approximate surface area is 54.3 Å². The highest BCUT2D eigenvalue weighted by Crippen LogP contribution is 2.17. The van der Waals surface area contributed by atoms with Crippen LogP contribution in [0.3, 0.4) is 0 Å². The van der Waals surface area contributed by atoms with Crippen molar-refractivity contribution in [3.05, 3.63) is 0 Å². The number of alkyl halides is 1. The molecule has 0 aromatic rings. The predicted octanol–water partition coefficient (Wildman–Crippen LogP) is 0.0209. The van der Waals surface area contributed by atoms with Crippen molar-refractivity contribution in [2.45, 2.75) is 18.6 Å². The first-order valence-electron chi connectivity index (χ1n) is 3.21. The molecule has 0 bridgehead atoms. The molecule has 1 aliphatic rings. The first-order chi connectivity index (χ1) is 4.25. The van der Waals surface area contributed by atoms with E-state index in [1.54, 1.807) is 0 Å². The number of nitrogens with zero attached hydrogens (tertiary/aromatic N) is 1. The Morgan fingerprint density at radius 1 is 1.78 bits per heavy atom. The van der Waals surface area contributed by atoms with E-state index in [9.17, 15) is 4.39 Å². The number of likely N-dealkylation sites (N-methyl/N-ethyl adjacent to an activating group) is 1. The van der Waals surface area contributed by atoms with E-state index in [0.717, 1.165) is 6.54 Å². The zero-order valence-electron chi connectivity index (χ0n) is 5.55. The van der Waals surface area contributed by atoms with Crippen molar-refractivity contribution in [1.82, 2.24) is 4.90 Å². The molecule has 3 heteroatoms. The first kappa shape index (κ1) is 6.96. The van der Waals surface area contributed by atoms with Gasteiger partial charge in [0.1, 0.15) is 6.17 Å². The quantitative estimate of drug-likeness (QED) is 0.545. The molecule has 54 valence electrons. The van der Waals surface area contributed by atoms with Gasteiger partial charge < -0.3 is 5.11 Å². The highest BCUT2D eigenvalue weighted by atomic mass is 19.1. The van der Waals surface area contributed by atoms with Crippen molar-refractivity contribution in [2.75, 3.05) is 20.2 Å². The molecule has 0 radical (unpaired) electrons. The maximum Gasteiger partial charge on any atom is 0.119 e. The summed E-state index contributed by atoms with van der Waals surface area (Å²) in [4.78, 5) is 1.85. The Morgan fingerprint density at radius 2 is 2.44 bits per heavy atom. The van der Waals surface area contributed by atoms with Crippen molar-refractivity contribution in [3.63, 3.8) is 0 Å². The van der Waals surface area contributed by atoms with Crippen LogP contribution in [0.15, 0.2) is 0 Å². The molecule has 0 aliphatic carbocycles. The van der Waals surface area contributed by atoms with E-state index < -0.39 is 6.17 Å². The van der Waals surface area contributed by atoms with Crippen molar-refractivity contribution in [2.24, 2.45) is 0 Å². The van der Waals surface area contributed by atoms with Gasteiger partial charge in [-0.2, -0.15) is 0 Å². The van der Waals surface area contributed by atoms with Gasteiger partial charge in [-0.15, -0.1) is 0 Å². The summed E-state index contributed by atoms with van der Waals surface area (Å²) in [7, 11) is 1.83. The average molecular weight is 133 g/mol. The molecular formula is C6H12FNO. The van der Waals surface area contributed by atoms with Crippen LogP contribution in [0.5, 0.6) is 0 Å². The number of aliphatic hydroxyl groups is 1. The lowest BCUT2D eigenvalue weighted by Crippen LogP contribution is -2.33. The Kier molecular flexibility index (Phi) is 2.03. The lowest BCUT2D eigenvalue weighted by atomic mass is 10.2. The second-order valence-corrected chi connectivity index (χ2v) is 2.54. The minimum absolute atomic E-state index is 0.0579. The molecule has 9 heavy (non-hydrogen) atoms. The first-order valence-corrected chi connectivity index (χ1v) is 3.21. The lowest BCUT2D eigenvalue weighted by Gasteiger charge is -2.17. The van der Waals surface area contributed by atoms with Gasteiger partial charge in [-0.3, -0.25) is 4.90 Å². The van der Waals surface area contributed by atoms with Crippen LogP contribution in [0.25, 0.3) is 0 Å². The number of hydrogen-bond acceptors (Lipinski definition) is 2. The number of halogens is 1. The number of likely N-dealkylation sites (tertiary alicyclic amines) is 1. The maximum absolute atomic E-state index is 12.6. The standard InChI is InChI=1S/C6H12FNO/c1-8-3-2-5(7)6(8)4-9/h5-6,9H,2-4H2,1H3/t5-,6-/m0/s1. The van der Waals surface area contributed by atoms with Crippen LogP contribution >= 0.6 is 0 Å². The van der Waals surface area contributed by atoms with E-state index in [0.29, 0.717) is 6.42 Å². The third-order valence-electron chi connectivity index (χ3n) is 1.93. The van der Waals surface area contributed by atoms with E-state index in [-0.39, 0.29) is 12.6 Å². The van der Waals surface area contributed by atoms with Crippen LogP contribution < -0.4 is 0 Å². The monoisotopic (exact) mass is 133 g/mol. The SMILES string of the molecule is CN1CC[C@H](F)[C@@H]1CO. The second-order valence-electron chi connectivity index (χ2n) is 2.54. The number of rotatable bonds is 1. The van der Waals surface area contributed by atoms with Crippen LogP contribution in [-0.2, 0) is 0 Å². The van der Waals surface area contributed by atoms with Crippen LogP contribution in [-0.4, -0.2) is 42.4 Å². The summed E-state index contributed by atoms with van der Waals surface area (Å²) in [6.07, 6.45) is -0.248. The highest BCUT2D eigenvalue weighted by molar-refractivity contribution is 4.84. The van der Waals surface area contributed by atoms with E-state index in [1.807, 2.05) is 11.9 Å². The van der Waals surface area contributed by atoms with E-state index in [4.69, 9.17) is 5.11 Å². The average Bonchev–Trinajstić information content (AvgIpc) is 2.12. The molecule has 1 aliphatic heterocycles. The third-order valence-corrected chi connectivity index (χ3v) is 1.93. The largest absolute Gasteiger partial charge is 0.395 e. The summed E-state index contributed by atoms with van der Waals surface area (Å²) >= 11 is 0. The van der Waals surface area contributed by atoms with E-state index >= 15 is 0 Å². The van der Waals surface area contributed by atoms with Gasteiger partial charge in [0.25, 0.3) is 0 Å². The fraction of sp³-hybridized carbons (Fsp3) is 1.00. The van der Waals surface area contributed by atoms with Crippen LogP contribution in [0, 0.1) is 0 Å². The molecule has 2 atom stereocenters. The Hall–Kier alpha value is -0.150. The number of hydrogen-bond donors (Lipinski definition) is 1. The minimum atomic E-state index is -0.819. The summed E-state index contributed by atoms with van der Waals surface area (Å²) in [5, 5.41) is 8.63. The lowest BCUT2D eigenvalue weighted by molar-refractivity contribution is 0.135. The number of aliphatic hydroxyl groups excluding tert-OH is 1. The summed E-state index contributed by atoms with van der Waals surface area (Å²) in [5.74, 6) is 0. The zero-order valence-corrected chi connectivity index (χ0v) is 5.55. The van der Waals surface area contributed by atoms with E-state index in [2.05, 4.69) is 0 Å². The van der Waals surface area contributed by atoms with Crippen LogP contribution in [0.4, 0.5) is 4.39 Å². The van der Waals surface area contributed by atoms with Gasteiger partial charge in [-0.05, 0) is 13.5 Å². The van der Waals surface area contributed by atoms with Gasteiger partial charge in [0, 0.05) is 6.54 Å². The molecule has 1 rings (SSSR count). The van der Waals surface area contributed by atoms with Gasteiger partial charge in [-0.1, -0.05) is 0 Å². The second kappa shape index (κ2) is 2.62. The van der Waals surface area contributed by atoms with Gasteiger partial charge in [0.15, 0.2) is 0 Å². The Balaban J connectivity index is 2.44. The Bertz CT molecular complexity index is 89.1. The van der Waals surface area contributed by atoms with Crippen molar-refractivity contribution in [3.8, 4) is 0 Å². The minimum Gasteiger partial charge on any atom is -0.395 e. The van der Waals surface area contributed by atoms with Gasteiger partial charge in [0.2, 0.25) is 0 Å². The summed E-state index contributed by atoms with van der Waals surface area (Å²) < 4.78 is 12.6. The van der Waals surface area contributed by atoms with Crippen molar-refractivity contribution < 1.29 is 9.50 Å². The van der Waals surface area contributed by atoms with Crippen LogP contribution in [0.2, 0.25) is 0 Å². The molecule has 0 spiro atoms. The van der Waals surface area contributed by atoms with Crippen molar-refractivity contribution in [1.29, 1.82) is 0 Å². The zero-order chi connectivity index (χ0) is 6.85. The smallest absolute Gasteiger partial charge is 0.119 e. The van der Waals surface area contributed by atoms with Gasteiger partial charge in [0.05, 0.1) is 12.6 Å². The molecule has 1 saturated heterocycles. The Morgan fingerprint density at radius 3 is 2.67 bits per heavy atom. The molecular weight excluding hydrogens is 121 g/mol. The summed E-state index contributed by atoms with van der Waals surface area (Å²) in [5.41, 5.74) is 0. The molecule has 0 aromatic heterocycles. The molecule has 1 heterocycles. The molecule has 1 fully saturated rings. The fourth-order valence-electron chi connectivity index (χ4n) is 1.22. The highest BCUT2D eigenvalue weighted by Gasteiger charge is 2.30. The van der Waals surface area contributed by atoms with Crippen LogP contribution in [0.1, 0.15) is 6.42 Å². The maximum atomic E-state index is 12.6. The molecule has 0 amide bonds. The van der Waals surface area contributed by atoms with Gasteiger partial charge >= 0.3 is 0 Å². The molecule has 2 nitrogen and oxygen atoms in total. The molecule has 0 saturated carbocycles. The summed E-state index contributed by atoms with van der Waals surface area (Å²) in [6.45, 7) is 0.712. The summed E-state index contributed by atoms with van der Waals surface area (Å²) in [6, 6.07) is -0.245. The van der Waals surface area contributed by atoms with E-state index in [1.165, 1.54) is 0 Å². The predicted molar refractivity (Wildman–Crippen MR) is 33.0 cm³/mol. The fourth-order valence-corrected chi connectivity index (χ4v) is 1.22.